The van der Waals surface area contributed by atoms with E-state index in [1.807, 2.05) is 18.2 Å². The number of carbonyl (C=O) groups excluding carboxylic acids is 1. The van der Waals surface area contributed by atoms with Crippen molar-refractivity contribution < 1.29 is 14.0 Å². The van der Waals surface area contributed by atoms with E-state index in [0.29, 0.717) is 6.61 Å². The van der Waals surface area contributed by atoms with E-state index in [-0.39, 0.29) is 16.9 Å². The van der Waals surface area contributed by atoms with Crippen molar-refractivity contribution in [3.8, 4) is 5.75 Å². The largest absolute Gasteiger partial charge is 0.497 e. The van der Waals surface area contributed by atoms with Crippen molar-refractivity contribution in [1.82, 2.24) is 0 Å². The monoisotopic (exact) mass is 358 g/mol. The van der Waals surface area contributed by atoms with Crippen LogP contribution in [0.1, 0.15) is 32.3 Å². The quantitative estimate of drug-likeness (QED) is 0.523. The van der Waals surface area contributed by atoms with Crippen LogP contribution in [-0.2, 0) is 9.22 Å². The molecule has 0 saturated heterocycles. The van der Waals surface area contributed by atoms with E-state index in [1.165, 1.54) is 5.56 Å². The zero-order valence-electron chi connectivity index (χ0n) is 16.2. The summed E-state index contributed by atoms with van der Waals surface area (Å²) in [6.07, 6.45) is 6.99. The van der Waals surface area contributed by atoms with Gasteiger partial charge < -0.3 is 9.16 Å². The van der Waals surface area contributed by atoms with Crippen molar-refractivity contribution in [2.24, 2.45) is 5.92 Å². The van der Waals surface area contributed by atoms with E-state index in [4.69, 9.17) is 9.16 Å². The average Bonchev–Trinajstić information content (AvgIpc) is 2.59. The Morgan fingerprint density at radius 1 is 1.16 bits per heavy atom. The summed E-state index contributed by atoms with van der Waals surface area (Å²) < 4.78 is 11.7. The van der Waals surface area contributed by atoms with Gasteiger partial charge in [0.1, 0.15) is 12.0 Å². The molecule has 0 radical (unpaired) electrons. The molecule has 1 aliphatic rings. The number of methoxy groups -OCH3 is 1. The normalized spacial score (nSPS) is 21.0. The molecule has 0 fully saturated rings. The highest BCUT2D eigenvalue weighted by molar-refractivity contribution is 6.74. The molecule has 136 valence electrons. The molecule has 1 aromatic carbocycles. The van der Waals surface area contributed by atoms with Gasteiger partial charge in [-0.2, -0.15) is 0 Å². The highest BCUT2D eigenvalue weighted by Crippen LogP contribution is 2.39. The predicted octanol–water partition coefficient (Wildman–Crippen LogP) is 5.11. The minimum Gasteiger partial charge on any atom is -0.497 e. The van der Waals surface area contributed by atoms with Crippen LogP contribution in [0.3, 0.4) is 0 Å². The number of allylic oxidation sites excluding steroid dienone is 3. The average molecular weight is 359 g/mol. The van der Waals surface area contributed by atoms with Crippen molar-refractivity contribution in [2.75, 3.05) is 13.7 Å². The molecule has 25 heavy (non-hydrogen) atoms. The minimum absolute atomic E-state index is 0.140. The van der Waals surface area contributed by atoms with Crippen LogP contribution in [-0.4, -0.2) is 28.3 Å². The number of aldehydes is 1. The first-order valence-electron chi connectivity index (χ1n) is 8.81. The van der Waals surface area contributed by atoms with Crippen molar-refractivity contribution in [1.29, 1.82) is 0 Å². The third-order valence-corrected chi connectivity index (χ3v) is 9.95. The molecule has 2 rings (SSSR count). The van der Waals surface area contributed by atoms with Gasteiger partial charge in [0, 0.05) is 24.0 Å². The van der Waals surface area contributed by atoms with Crippen molar-refractivity contribution in [3.05, 3.63) is 53.6 Å². The van der Waals surface area contributed by atoms with Crippen LogP contribution in [0.15, 0.2) is 48.1 Å². The molecule has 0 saturated carbocycles. The van der Waals surface area contributed by atoms with E-state index in [2.05, 4.69) is 58.2 Å². The summed E-state index contributed by atoms with van der Waals surface area (Å²) in [5, 5.41) is 0.185. The molecular formula is C21H30O3Si. The highest BCUT2D eigenvalue weighted by atomic mass is 28.4. The van der Waals surface area contributed by atoms with Gasteiger partial charge in [0.05, 0.1) is 7.11 Å². The molecule has 0 amide bonds. The van der Waals surface area contributed by atoms with Gasteiger partial charge in [0.15, 0.2) is 8.32 Å². The number of hydrogen-bond acceptors (Lipinski definition) is 3. The first kappa shape index (κ1) is 19.7. The summed E-state index contributed by atoms with van der Waals surface area (Å²) in [5.41, 5.74) is 1.90. The Labute approximate surface area is 152 Å². The number of benzene rings is 1. The lowest BCUT2D eigenvalue weighted by molar-refractivity contribution is -0.104. The standard InChI is InChI=1S/C21H30O3Si/c1-21(2,3)25(5,6)24-15-18-8-7-16(14-22)13-20(18)17-9-11-19(23-4)12-10-17/h7-14,18,20H,15H2,1-6H3/t18-,20-/m1/s1. The second-order valence-electron chi connectivity index (χ2n) is 8.18. The lowest BCUT2D eigenvalue weighted by Gasteiger charge is -2.38. The summed E-state index contributed by atoms with van der Waals surface area (Å²) in [6, 6.07) is 8.07. The maximum atomic E-state index is 11.2. The third-order valence-electron chi connectivity index (χ3n) is 5.45. The lowest BCUT2D eigenvalue weighted by atomic mass is 9.81. The Morgan fingerprint density at radius 2 is 1.80 bits per heavy atom. The number of hydrogen-bond donors (Lipinski definition) is 0. The molecule has 1 aliphatic carbocycles. The summed E-state index contributed by atoms with van der Waals surface area (Å²) in [4.78, 5) is 11.2. The van der Waals surface area contributed by atoms with Crippen LogP contribution in [0.2, 0.25) is 18.1 Å². The van der Waals surface area contributed by atoms with E-state index in [1.54, 1.807) is 7.11 Å². The first-order chi connectivity index (χ1) is 11.7. The van der Waals surface area contributed by atoms with Gasteiger partial charge in [-0.15, -0.1) is 0 Å². The van der Waals surface area contributed by atoms with Crippen LogP contribution in [0.4, 0.5) is 0 Å². The molecular weight excluding hydrogens is 328 g/mol. The van der Waals surface area contributed by atoms with Crippen LogP contribution in [0.5, 0.6) is 5.75 Å². The van der Waals surface area contributed by atoms with Crippen molar-refractivity contribution in [3.63, 3.8) is 0 Å². The fourth-order valence-corrected chi connectivity index (χ4v) is 3.71. The van der Waals surface area contributed by atoms with Crippen LogP contribution >= 0.6 is 0 Å². The molecule has 1 aromatic rings. The van der Waals surface area contributed by atoms with E-state index >= 15 is 0 Å². The SMILES string of the molecule is COc1ccc([C@H]2C=C(C=O)C=C[C@@H]2CO[Si](C)(C)C(C)(C)C)cc1. The van der Waals surface area contributed by atoms with Gasteiger partial charge >= 0.3 is 0 Å². The predicted molar refractivity (Wildman–Crippen MR) is 106 cm³/mol. The third kappa shape index (κ3) is 4.70. The summed E-state index contributed by atoms with van der Waals surface area (Å²) in [7, 11) is -0.138. The topological polar surface area (TPSA) is 35.5 Å². The highest BCUT2D eigenvalue weighted by Gasteiger charge is 2.38. The van der Waals surface area contributed by atoms with Gasteiger partial charge in [0.25, 0.3) is 0 Å². The summed E-state index contributed by atoms with van der Waals surface area (Å²) >= 11 is 0. The molecule has 0 N–H and O–H groups in total. The van der Waals surface area contributed by atoms with E-state index in [9.17, 15) is 4.79 Å². The fraction of sp³-hybridized carbons (Fsp3) is 0.476. The molecule has 0 aliphatic heterocycles. The molecule has 3 nitrogen and oxygen atoms in total. The number of carbonyl (C=O) groups is 1. The Hall–Kier alpha value is -1.65. The lowest BCUT2D eigenvalue weighted by Crippen LogP contribution is -2.42. The molecule has 0 unspecified atom stereocenters. The van der Waals surface area contributed by atoms with E-state index < -0.39 is 8.32 Å². The Bertz CT molecular complexity index is 651. The molecule has 2 atom stereocenters. The van der Waals surface area contributed by atoms with Crippen molar-refractivity contribution >= 4 is 14.6 Å². The van der Waals surface area contributed by atoms with Gasteiger partial charge in [0.2, 0.25) is 0 Å². The zero-order valence-corrected chi connectivity index (χ0v) is 17.2. The maximum absolute atomic E-state index is 11.2. The smallest absolute Gasteiger partial charge is 0.192 e. The van der Waals surface area contributed by atoms with Gasteiger partial charge in [-0.05, 0) is 35.8 Å². The molecule has 0 spiro atoms. The van der Waals surface area contributed by atoms with Gasteiger partial charge in [-0.3, -0.25) is 4.79 Å². The van der Waals surface area contributed by atoms with Crippen LogP contribution in [0, 0.1) is 5.92 Å². The molecule has 0 heterocycles. The second kappa shape index (κ2) is 7.71. The van der Waals surface area contributed by atoms with Gasteiger partial charge in [-0.1, -0.05) is 51.1 Å². The molecule has 0 aromatic heterocycles. The zero-order chi connectivity index (χ0) is 18.7. The minimum atomic E-state index is -1.80. The fourth-order valence-electron chi connectivity index (χ4n) is 2.67. The Morgan fingerprint density at radius 3 is 2.32 bits per heavy atom. The summed E-state index contributed by atoms with van der Waals surface area (Å²) in [6.45, 7) is 12.0. The van der Waals surface area contributed by atoms with Crippen LogP contribution in [0.25, 0.3) is 0 Å². The molecule has 4 heteroatoms. The Balaban J connectivity index is 2.21. The van der Waals surface area contributed by atoms with Gasteiger partial charge in [-0.25, -0.2) is 0 Å². The molecule has 0 bridgehead atoms. The Kier molecular flexibility index (Phi) is 6.06. The maximum Gasteiger partial charge on any atom is 0.192 e. The summed E-state index contributed by atoms with van der Waals surface area (Å²) in [5.74, 6) is 1.20. The first-order valence-corrected chi connectivity index (χ1v) is 11.7. The second-order valence-corrected chi connectivity index (χ2v) is 13.0. The van der Waals surface area contributed by atoms with E-state index in [0.717, 1.165) is 17.6 Å². The van der Waals surface area contributed by atoms with Crippen molar-refractivity contribution in [2.45, 2.75) is 44.8 Å². The van der Waals surface area contributed by atoms with Crippen LogP contribution < -0.4 is 4.74 Å². The number of rotatable bonds is 6. The number of ether oxygens (including phenoxy) is 1.